The van der Waals surface area contributed by atoms with Gasteiger partial charge in [-0.05, 0) is 36.2 Å². The van der Waals surface area contributed by atoms with Gasteiger partial charge in [0.15, 0.2) is 5.72 Å². The van der Waals surface area contributed by atoms with Crippen LogP contribution in [0.4, 0.5) is 0 Å². The molecule has 138 valence electrons. The summed E-state index contributed by atoms with van der Waals surface area (Å²) in [5.74, 6) is 0.644. The molecule has 0 saturated carbocycles. The number of ether oxygens (including phenoxy) is 2. The summed E-state index contributed by atoms with van der Waals surface area (Å²) in [6, 6.07) is 16.2. The maximum absolute atomic E-state index is 9.00. The van der Waals surface area contributed by atoms with E-state index in [1.54, 1.807) is 7.11 Å². The van der Waals surface area contributed by atoms with Gasteiger partial charge in [0.25, 0.3) is 5.97 Å². The zero-order valence-corrected chi connectivity index (χ0v) is 15.2. The molecule has 0 bridgehead atoms. The van der Waals surface area contributed by atoms with Crippen molar-refractivity contribution in [2.45, 2.75) is 26.0 Å². The topological polar surface area (TPSA) is 94.1 Å². The van der Waals surface area contributed by atoms with Crippen LogP contribution in [0.15, 0.2) is 53.5 Å². The summed E-state index contributed by atoms with van der Waals surface area (Å²) >= 11 is 0. The van der Waals surface area contributed by atoms with Gasteiger partial charge in [-0.1, -0.05) is 30.3 Å². The largest absolute Gasteiger partial charge is 0.497 e. The van der Waals surface area contributed by atoms with E-state index in [4.69, 9.17) is 25.1 Å². The minimum absolute atomic E-state index is 0.592. The second-order valence-electron chi connectivity index (χ2n) is 6.02. The van der Waals surface area contributed by atoms with Gasteiger partial charge in [0.2, 0.25) is 0 Å². The van der Waals surface area contributed by atoms with Crippen molar-refractivity contribution in [2.75, 3.05) is 13.7 Å². The molecule has 0 fully saturated rings. The highest BCUT2D eigenvalue weighted by Gasteiger charge is 2.30. The second kappa shape index (κ2) is 8.49. The Morgan fingerprint density at radius 2 is 1.85 bits per heavy atom. The molecule has 1 atom stereocenters. The molecule has 26 heavy (non-hydrogen) atoms. The number of carbonyl (C=O) groups is 1. The van der Waals surface area contributed by atoms with Gasteiger partial charge in [0.05, 0.1) is 19.6 Å². The number of carboxylic acids is 1. The van der Waals surface area contributed by atoms with Crippen molar-refractivity contribution in [3.63, 3.8) is 0 Å². The molecule has 6 nitrogen and oxygen atoms in total. The van der Waals surface area contributed by atoms with Crippen LogP contribution in [0.25, 0.3) is 11.1 Å². The number of rotatable bonds is 3. The minimum atomic E-state index is -0.833. The molecular formula is C20H24N2O4. The van der Waals surface area contributed by atoms with E-state index in [0.717, 1.165) is 29.4 Å². The molecule has 1 heterocycles. The van der Waals surface area contributed by atoms with Gasteiger partial charge in [-0.3, -0.25) is 4.79 Å². The van der Waals surface area contributed by atoms with Crippen LogP contribution in [0, 0.1) is 0 Å². The monoisotopic (exact) mass is 356 g/mol. The lowest BCUT2D eigenvalue weighted by Gasteiger charge is -2.30. The third-order valence-corrected chi connectivity index (χ3v) is 3.90. The summed E-state index contributed by atoms with van der Waals surface area (Å²) in [7, 11) is 1.67. The number of hydrogen-bond acceptors (Lipinski definition) is 5. The Morgan fingerprint density at radius 3 is 2.46 bits per heavy atom. The Labute approximate surface area is 153 Å². The van der Waals surface area contributed by atoms with Crippen LogP contribution < -0.4 is 10.5 Å². The van der Waals surface area contributed by atoms with E-state index in [9.17, 15) is 0 Å². The highest BCUT2D eigenvalue weighted by molar-refractivity contribution is 5.81. The van der Waals surface area contributed by atoms with E-state index >= 15 is 0 Å². The molecule has 2 aromatic rings. The maximum Gasteiger partial charge on any atom is 0.300 e. The van der Waals surface area contributed by atoms with Crippen LogP contribution in [0.3, 0.4) is 0 Å². The van der Waals surface area contributed by atoms with E-state index in [1.165, 1.54) is 0 Å². The molecule has 2 aromatic carbocycles. The summed E-state index contributed by atoms with van der Waals surface area (Å²) in [6.45, 7) is 3.62. The van der Waals surface area contributed by atoms with E-state index in [-0.39, 0.29) is 0 Å². The Kier molecular flexibility index (Phi) is 6.36. The molecule has 0 amide bonds. The average Bonchev–Trinajstić information content (AvgIpc) is 2.61. The van der Waals surface area contributed by atoms with Crippen LogP contribution in [0.1, 0.15) is 25.8 Å². The van der Waals surface area contributed by atoms with Gasteiger partial charge < -0.3 is 20.3 Å². The number of hydrogen-bond donors (Lipinski definition) is 2. The van der Waals surface area contributed by atoms with Crippen LogP contribution in [-0.2, 0) is 15.3 Å². The SMILES string of the molecule is CC(=O)O.COc1cccc(-c2cccc(C3(C)N=C(N)CCO3)c2)c1. The summed E-state index contributed by atoms with van der Waals surface area (Å²) in [4.78, 5) is 13.5. The number of aliphatic imine (C=N–C) groups is 1. The fraction of sp³-hybridized carbons (Fsp3) is 0.300. The fourth-order valence-corrected chi connectivity index (χ4v) is 2.65. The van der Waals surface area contributed by atoms with Crippen molar-refractivity contribution in [3.05, 3.63) is 54.1 Å². The van der Waals surface area contributed by atoms with Crippen molar-refractivity contribution in [1.82, 2.24) is 0 Å². The molecule has 6 heteroatoms. The Balaban J connectivity index is 0.000000552. The van der Waals surface area contributed by atoms with Crippen LogP contribution >= 0.6 is 0 Å². The predicted molar refractivity (Wildman–Crippen MR) is 101 cm³/mol. The lowest BCUT2D eigenvalue weighted by molar-refractivity contribution is -0.134. The molecule has 1 aliphatic heterocycles. The van der Waals surface area contributed by atoms with Crippen molar-refractivity contribution in [3.8, 4) is 16.9 Å². The average molecular weight is 356 g/mol. The van der Waals surface area contributed by atoms with E-state index in [1.807, 2.05) is 37.3 Å². The van der Waals surface area contributed by atoms with Gasteiger partial charge >= 0.3 is 0 Å². The minimum Gasteiger partial charge on any atom is -0.497 e. The summed E-state index contributed by atoms with van der Waals surface area (Å²) in [6.07, 6.45) is 0.686. The number of carboxylic acid groups (broad SMARTS) is 1. The molecule has 0 spiro atoms. The number of aliphatic carboxylic acids is 1. The quantitative estimate of drug-likeness (QED) is 0.879. The van der Waals surface area contributed by atoms with E-state index in [0.29, 0.717) is 18.9 Å². The Hall–Kier alpha value is -2.86. The summed E-state index contributed by atoms with van der Waals surface area (Å²) in [5.41, 5.74) is 8.37. The first-order chi connectivity index (χ1) is 12.3. The van der Waals surface area contributed by atoms with Gasteiger partial charge in [-0.25, -0.2) is 4.99 Å². The summed E-state index contributed by atoms with van der Waals surface area (Å²) < 4.78 is 11.2. The van der Waals surface area contributed by atoms with Gasteiger partial charge in [-0.2, -0.15) is 0 Å². The van der Waals surface area contributed by atoms with E-state index in [2.05, 4.69) is 23.2 Å². The van der Waals surface area contributed by atoms with Gasteiger partial charge in [0.1, 0.15) is 5.75 Å². The lowest BCUT2D eigenvalue weighted by atomic mass is 9.97. The van der Waals surface area contributed by atoms with Crippen molar-refractivity contribution in [2.24, 2.45) is 10.7 Å². The zero-order valence-electron chi connectivity index (χ0n) is 15.2. The molecule has 0 aliphatic carbocycles. The number of amidine groups is 1. The maximum atomic E-state index is 9.00. The first-order valence-corrected chi connectivity index (χ1v) is 8.27. The summed E-state index contributed by atoms with van der Waals surface area (Å²) in [5, 5.41) is 7.42. The lowest BCUT2D eigenvalue weighted by Crippen LogP contribution is -2.34. The van der Waals surface area contributed by atoms with Crippen LogP contribution in [0.2, 0.25) is 0 Å². The fourth-order valence-electron chi connectivity index (χ4n) is 2.65. The Morgan fingerprint density at radius 1 is 1.23 bits per heavy atom. The third kappa shape index (κ3) is 5.07. The zero-order chi connectivity index (χ0) is 19.2. The first kappa shape index (κ1) is 19.5. The van der Waals surface area contributed by atoms with Crippen molar-refractivity contribution in [1.29, 1.82) is 0 Å². The molecule has 3 rings (SSSR count). The Bertz CT molecular complexity index is 800. The standard InChI is InChI=1S/C18H20N2O2.C2H4O2/c1-18(20-17(19)9-10-22-18)15-7-3-5-13(11-15)14-6-4-8-16(12-14)21-2;1-2(3)4/h3-8,11-12H,9-10H2,1-2H3,(H2,19,20);1H3,(H,3,4). The van der Waals surface area contributed by atoms with Gasteiger partial charge in [-0.15, -0.1) is 0 Å². The highest BCUT2D eigenvalue weighted by Crippen LogP contribution is 2.33. The number of methoxy groups -OCH3 is 1. The number of benzene rings is 2. The smallest absolute Gasteiger partial charge is 0.300 e. The number of nitrogens with zero attached hydrogens (tertiary/aromatic N) is 1. The van der Waals surface area contributed by atoms with E-state index < -0.39 is 11.7 Å². The molecular weight excluding hydrogens is 332 g/mol. The second-order valence-corrected chi connectivity index (χ2v) is 6.02. The normalized spacial score (nSPS) is 19.0. The molecule has 0 radical (unpaired) electrons. The van der Waals surface area contributed by atoms with Crippen molar-refractivity contribution >= 4 is 11.8 Å². The molecule has 1 unspecified atom stereocenters. The number of nitrogens with two attached hydrogens (primary N) is 1. The molecule has 0 aromatic heterocycles. The first-order valence-electron chi connectivity index (χ1n) is 8.27. The van der Waals surface area contributed by atoms with Crippen LogP contribution in [0.5, 0.6) is 5.75 Å². The third-order valence-electron chi connectivity index (χ3n) is 3.90. The predicted octanol–water partition coefficient (Wildman–Crippen LogP) is 3.40. The van der Waals surface area contributed by atoms with Crippen molar-refractivity contribution < 1.29 is 19.4 Å². The molecule has 3 N–H and O–H groups in total. The molecule has 0 saturated heterocycles. The highest BCUT2D eigenvalue weighted by atomic mass is 16.5. The van der Waals surface area contributed by atoms with Gasteiger partial charge in [0, 0.05) is 18.9 Å². The van der Waals surface area contributed by atoms with Crippen LogP contribution in [-0.4, -0.2) is 30.6 Å². The molecule has 1 aliphatic rings.